The number of ether oxygens (including phenoxy) is 2. The van der Waals surface area contributed by atoms with Gasteiger partial charge in [0.1, 0.15) is 17.6 Å². The van der Waals surface area contributed by atoms with Gasteiger partial charge in [-0.25, -0.2) is 0 Å². The molecule has 2 N–H and O–H groups in total. The fourth-order valence-electron chi connectivity index (χ4n) is 1.48. The number of hydrogen-bond acceptors (Lipinski definition) is 4. The van der Waals surface area contributed by atoms with Crippen molar-refractivity contribution in [2.75, 3.05) is 19.8 Å². The first-order valence-corrected chi connectivity index (χ1v) is 7.89. The molecule has 1 atom stereocenters. The fraction of sp³-hybridized carbons (Fsp3) is 0.368. The lowest BCUT2D eigenvalue weighted by Crippen LogP contribution is -2.01. The molecule has 0 spiro atoms. The van der Waals surface area contributed by atoms with Gasteiger partial charge in [0.15, 0.2) is 0 Å². The van der Waals surface area contributed by atoms with Crippen LogP contribution in [0, 0.1) is 0 Å². The number of aromatic hydroxyl groups is 2. The molecule has 1 heterocycles. The lowest BCUT2D eigenvalue weighted by Gasteiger charge is -1.97. The number of rotatable bonds is 5. The molecule has 2 aromatic rings. The Morgan fingerprint density at radius 1 is 0.957 bits per heavy atom. The van der Waals surface area contributed by atoms with Crippen LogP contribution in [0.4, 0.5) is 0 Å². The van der Waals surface area contributed by atoms with E-state index in [0.29, 0.717) is 17.6 Å². The molecule has 1 aliphatic rings. The van der Waals surface area contributed by atoms with Gasteiger partial charge in [0.05, 0.1) is 13.2 Å². The third-order valence-electron chi connectivity index (χ3n) is 2.86. The van der Waals surface area contributed by atoms with Crippen LogP contribution in [-0.2, 0) is 9.47 Å². The number of phenols is 2. The highest BCUT2D eigenvalue weighted by molar-refractivity contribution is 5.19. The number of benzene rings is 2. The monoisotopic (exact) mass is 318 g/mol. The quantitative estimate of drug-likeness (QED) is 0.646. The summed E-state index contributed by atoms with van der Waals surface area (Å²) < 4.78 is 10.2. The van der Waals surface area contributed by atoms with Crippen LogP contribution in [0.1, 0.15) is 19.8 Å². The molecule has 0 radical (unpaired) electrons. The first kappa shape index (κ1) is 19.0. The second-order valence-electron chi connectivity index (χ2n) is 5.05. The summed E-state index contributed by atoms with van der Waals surface area (Å²) in [5, 5.41) is 17.3. The Hall–Kier alpha value is -2.04. The lowest BCUT2D eigenvalue weighted by atomic mass is 10.3. The van der Waals surface area contributed by atoms with Gasteiger partial charge in [-0.05, 0) is 30.7 Å². The maximum Gasteiger partial charge on any atom is 0.115 e. The zero-order chi connectivity index (χ0) is 16.8. The van der Waals surface area contributed by atoms with Gasteiger partial charge in [0.25, 0.3) is 0 Å². The van der Waals surface area contributed by atoms with Crippen LogP contribution in [0.3, 0.4) is 0 Å². The van der Waals surface area contributed by atoms with Crippen molar-refractivity contribution in [3.05, 3.63) is 60.7 Å². The average molecular weight is 318 g/mol. The van der Waals surface area contributed by atoms with Crippen molar-refractivity contribution in [3.63, 3.8) is 0 Å². The molecule has 126 valence electrons. The van der Waals surface area contributed by atoms with Crippen LogP contribution in [0.2, 0.25) is 0 Å². The van der Waals surface area contributed by atoms with Crippen LogP contribution >= 0.6 is 0 Å². The topological polar surface area (TPSA) is 62.2 Å². The minimum atomic E-state index is 0.322. The Kier molecular flexibility index (Phi) is 10.3. The molecule has 2 aromatic carbocycles. The fourth-order valence-corrected chi connectivity index (χ4v) is 1.48. The first-order chi connectivity index (χ1) is 11.2. The van der Waals surface area contributed by atoms with Gasteiger partial charge in [-0.15, -0.1) is 0 Å². The molecule has 4 nitrogen and oxygen atoms in total. The average Bonchev–Trinajstić information content (AvgIpc) is 3.39. The molecular weight excluding hydrogens is 292 g/mol. The second kappa shape index (κ2) is 12.5. The Morgan fingerprint density at radius 2 is 1.43 bits per heavy atom. The molecule has 23 heavy (non-hydrogen) atoms. The lowest BCUT2D eigenvalue weighted by molar-refractivity contribution is 0.114. The summed E-state index contributed by atoms with van der Waals surface area (Å²) in [6.07, 6.45) is 2.82. The molecule has 4 heteroatoms. The standard InChI is InChI=1S/C7H14O2.2C6H6O/c1-2-3-4-8-5-7-6-9-7;2*7-6-4-2-1-3-5-6/h7H,2-6H2,1H3;2*1-5,7H. The van der Waals surface area contributed by atoms with E-state index in [-0.39, 0.29) is 0 Å². The molecule has 0 amide bonds. The van der Waals surface area contributed by atoms with E-state index in [4.69, 9.17) is 19.7 Å². The summed E-state index contributed by atoms with van der Waals surface area (Å²) in [7, 11) is 0. The zero-order valence-corrected chi connectivity index (χ0v) is 13.6. The van der Waals surface area contributed by atoms with E-state index in [1.54, 1.807) is 48.5 Å². The van der Waals surface area contributed by atoms with Gasteiger partial charge in [-0.3, -0.25) is 0 Å². The normalized spacial score (nSPS) is 14.7. The minimum absolute atomic E-state index is 0.322. The Balaban J connectivity index is 0.000000175. The molecule has 0 aliphatic carbocycles. The van der Waals surface area contributed by atoms with E-state index in [1.165, 1.54) is 12.8 Å². The van der Waals surface area contributed by atoms with E-state index in [2.05, 4.69) is 6.92 Å². The second-order valence-corrected chi connectivity index (χ2v) is 5.05. The molecule has 0 aromatic heterocycles. The number of unbranched alkanes of at least 4 members (excludes halogenated alkanes) is 1. The van der Waals surface area contributed by atoms with Gasteiger partial charge in [-0.2, -0.15) is 0 Å². The maximum absolute atomic E-state index is 8.63. The summed E-state index contributed by atoms with van der Waals surface area (Å²) in [6, 6.07) is 17.4. The van der Waals surface area contributed by atoms with Crippen molar-refractivity contribution in [2.45, 2.75) is 25.9 Å². The van der Waals surface area contributed by atoms with Crippen molar-refractivity contribution in [1.82, 2.24) is 0 Å². The van der Waals surface area contributed by atoms with E-state index >= 15 is 0 Å². The van der Waals surface area contributed by atoms with Crippen LogP contribution in [-0.4, -0.2) is 36.1 Å². The molecular formula is C19H26O4. The summed E-state index contributed by atoms with van der Waals surface area (Å²) in [6.45, 7) is 4.78. The summed E-state index contributed by atoms with van der Waals surface area (Å²) in [4.78, 5) is 0. The smallest absolute Gasteiger partial charge is 0.115 e. The maximum atomic E-state index is 8.63. The Labute approximate surface area is 138 Å². The molecule has 1 aliphatic heterocycles. The van der Waals surface area contributed by atoms with E-state index in [9.17, 15) is 0 Å². The van der Waals surface area contributed by atoms with Crippen LogP contribution in [0.5, 0.6) is 11.5 Å². The van der Waals surface area contributed by atoms with Gasteiger partial charge in [-0.1, -0.05) is 49.7 Å². The summed E-state index contributed by atoms with van der Waals surface area (Å²) >= 11 is 0. The van der Waals surface area contributed by atoms with Crippen molar-refractivity contribution in [3.8, 4) is 11.5 Å². The van der Waals surface area contributed by atoms with Crippen molar-refractivity contribution in [2.24, 2.45) is 0 Å². The van der Waals surface area contributed by atoms with Crippen molar-refractivity contribution >= 4 is 0 Å². The number of epoxide rings is 1. The third-order valence-corrected chi connectivity index (χ3v) is 2.86. The van der Waals surface area contributed by atoms with Crippen molar-refractivity contribution < 1.29 is 19.7 Å². The largest absolute Gasteiger partial charge is 0.508 e. The highest BCUT2D eigenvalue weighted by Crippen LogP contribution is 2.08. The highest BCUT2D eigenvalue weighted by atomic mass is 16.6. The van der Waals surface area contributed by atoms with Gasteiger partial charge < -0.3 is 19.7 Å². The summed E-state index contributed by atoms with van der Waals surface area (Å²) in [5.41, 5.74) is 0. The highest BCUT2D eigenvalue weighted by Gasteiger charge is 2.21. The predicted molar refractivity (Wildman–Crippen MR) is 91.7 cm³/mol. The zero-order valence-electron chi connectivity index (χ0n) is 13.6. The Morgan fingerprint density at radius 3 is 1.74 bits per heavy atom. The van der Waals surface area contributed by atoms with Crippen LogP contribution < -0.4 is 0 Å². The number of hydrogen-bond donors (Lipinski definition) is 2. The first-order valence-electron chi connectivity index (χ1n) is 7.89. The SMILES string of the molecule is CCCCOCC1CO1.Oc1ccccc1.Oc1ccccc1. The predicted octanol–water partition coefficient (Wildman–Crippen LogP) is 3.99. The van der Waals surface area contributed by atoms with E-state index in [0.717, 1.165) is 19.8 Å². The molecule has 1 unspecified atom stereocenters. The van der Waals surface area contributed by atoms with Crippen LogP contribution in [0.25, 0.3) is 0 Å². The van der Waals surface area contributed by atoms with Gasteiger partial charge >= 0.3 is 0 Å². The van der Waals surface area contributed by atoms with Crippen molar-refractivity contribution in [1.29, 1.82) is 0 Å². The molecule has 1 saturated heterocycles. The third kappa shape index (κ3) is 12.2. The van der Waals surface area contributed by atoms with Gasteiger partial charge in [0, 0.05) is 6.61 Å². The van der Waals surface area contributed by atoms with Crippen LogP contribution in [0.15, 0.2) is 60.7 Å². The molecule has 0 bridgehead atoms. The van der Waals surface area contributed by atoms with Gasteiger partial charge in [0.2, 0.25) is 0 Å². The van der Waals surface area contributed by atoms with E-state index < -0.39 is 0 Å². The molecule has 3 rings (SSSR count). The molecule has 0 saturated carbocycles. The minimum Gasteiger partial charge on any atom is -0.508 e. The van der Waals surface area contributed by atoms with E-state index in [1.807, 2.05) is 12.1 Å². The summed E-state index contributed by atoms with van der Waals surface area (Å²) in [5.74, 6) is 0.644. The number of phenolic OH excluding ortho intramolecular Hbond substituents is 2. The molecule has 1 fully saturated rings. The number of para-hydroxylation sites is 2. The Bertz CT molecular complexity index is 446.